The molecule has 0 aliphatic carbocycles. The smallest absolute Gasteiger partial charge is 0.300 e. The minimum atomic E-state index is -0.878. The lowest BCUT2D eigenvalue weighted by molar-refractivity contribution is -0.132. The van der Waals surface area contributed by atoms with E-state index in [2.05, 4.69) is 20.9 Å². The SMILES string of the molecule is COc1cccc(N2C(=O)C(=O)/C(=C(/O)c3ccc(Br)c(C)c3)C2c2ccccn2)c1. The molecule has 0 bridgehead atoms. The normalized spacial score (nSPS) is 17.8. The van der Waals surface area contributed by atoms with Gasteiger partial charge in [0.15, 0.2) is 0 Å². The molecule has 31 heavy (non-hydrogen) atoms. The lowest BCUT2D eigenvalue weighted by Gasteiger charge is -2.25. The highest BCUT2D eigenvalue weighted by atomic mass is 79.9. The Labute approximate surface area is 187 Å². The van der Waals surface area contributed by atoms with Crippen LogP contribution in [0.2, 0.25) is 0 Å². The third kappa shape index (κ3) is 3.72. The zero-order valence-electron chi connectivity index (χ0n) is 16.9. The van der Waals surface area contributed by atoms with Gasteiger partial charge in [-0.2, -0.15) is 0 Å². The summed E-state index contributed by atoms with van der Waals surface area (Å²) in [6.07, 6.45) is 1.59. The number of anilines is 1. The van der Waals surface area contributed by atoms with Gasteiger partial charge in [0, 0.05) is 28.0 Å². The molecule has 156 valence electrons. The van der Waals surface area contributed by atoms with Crippen molar-refractivity contribution in [2.45, 2.75) is 13.0 Å². The standard InChI is InChI=1S/C24H19BrN2O4/c1-14-12-15(9-10-18(14)25)22(28)20-21(19-8-3-4-11-26-19)27(24(30)23(20)29)16-6-5-7-17(13-16)31-2/h3-13,21,28H,1-2H3/b22-20+. The van der Waals surface area contributed by atoms with Crippen LogP contribution in [-0.2, 0) is 9.59 Å². The van der Waals surface area contributed by atoms with E-state index in [1.165, 1.54) is 12.0 Å². The van der Waals surface area contributed by atoms with Crippen molar-refractivity contribution in [2.75, 3.05) is 12.0 Å². The molecule has 0 saturated carbocycles. The van der Waals surface area contributed by atoms with Crippen LogP contribution in [0.5, 0.6) is 5.75 Å². The Morgan fingerprint density at radius 2 is 1.90 bits per heavy atom. The van der Waals surface area contributed by atoms with Gasteiger partial charge in [-0.25, -0.2) is 0 Å². The zero-order chi connectivity index (χ0) is 22.1. The van der Waals surface area contributed by atoms with E-state index in [0.29, 0.717) is 22.7 Å². The van der Waals surface area contributed by atoms with Crippen molar-refractivity contribution in [1.29, 1.82) is 0 Å². The predicted octanol–water partition coefficient (Wildman–Crippen LogP) is 4.79. The number of rotatable bonds is 4. The second-order valence-electron chi connectivity index (χ2n) is 7.09. The molecule has 1 atom stereocenters. The van der Waals surface area contributed by atoms with Crippen molar-refractivity contribution in [3.8, 4) is 5.75 Å². The summed E-state index contributed by atoms with van der Waals surface area (Å²) in [4.78, 5) is 32.0. The first-order chi connectivity index (χ1) is 14.9. The van der Waals surface area contributed by atoms with E-state index in [1.807, 2.05) is 6.92 Å². The number of ketones is 1. The summed E-state index contributed by atoms with van der Waals surface area (Å²) in [5.41, 5.74) is 2.28. The molecule has 0 radical (unpaired) electrons. The second kappa shape index (κ2) is 8.35. The van der Waals surface area contributed by atoms with Gasteiger partial charge in [-0.3, -0.25) is 19.5 Å². The second-order valence-corrected chi connectivity index (χ2v) is 7.94. The average Bonchev–Trinajstić information content (AvgIpc) is 3.06. The molecule has 1 aromatic heterocycles. The molecule has 7 heteroatoms. The molecular formula is C24H19BrN2O4. The molecule has 1 saturated heterocycles. The maximum absolute atomic E-state index is 13.1. The van der Waals surface area contributed by atoms with Gasteiger partial charge >= 0.3 is 0 Å². The molecular weight excluding hydrogens is 460 g/mol. The molecule has 2 heterocycles. The quantitative estimate of drug-likeness (QED) is 0.331. The highest BCUT2D eigenvalue weighted by molar-refractivity contribution is 9.10. The van der Waals surface area contributed by atoms with Crippen LogP contribution >= 0.6 is 15.9 Å². The third-order valence-electron chi connectivity index (χ3n) is 5.18. The summed E-state index contributed by atoms with van der Waals surface area (Å²) in [5.74, 6) is -1.20. The number of aromatic nitrogens is 1. The Bertz CT molecular complexity index is 1210. The Balaban J connectivity index is 1.94. The number of methoxy groups -OCH3 is 1. The first-order valence-corrected chi connectivity index (χ1v) is 10.3. The van der Waals surface area contributed by atoms with Gasteiger partial charge in [-0.05, 0) is 48.9 Å². The van der Waals surface area contributed by atoms with E-state index in [-0.39, 0.29) is 11.3 Å². The number of Topliss-reactive ketones (excluding diaryl/α,β-unsaturated/α-hetero) is 1. The van der Waals surface area contributed by atoms with Crippen LogP contribution in [0.4, 0.5) is 5.69 Å². The maximum atomic E-state index is 13.1. The molecule has 1 N–H and O–H groups in total. The maximum Gasteiger partial charge on any atom is 0.300 e. The van der Waals surface area contributed by atoms with Crippen LogP contribution in [0.3, 0.4) is 0 Å². The number of halogens is 1. The predicted molar refractivity (Wildman–Crippen MR) is 121 cm³/mol. The van der Waals surface area contributed by atoms with Gasteiger partial charge < -0.3 is 9.84 Å². The van der Waals surface area contributed by atoms with E-state index in [0.717, 1.165) is 10.0 Å². The number of hydrogen-bond acceptors (Lipinski definition) is 5. The molecule has 1 amide bonds. The molecule has 1 fully saturated rings. The van der Waals surface area contributed by atoms with Gasteiger partial charge in [-0.15, -0.1) is 0 Å². The van der Waals surface area contributed by atoms with Gasteiger partial charge in [-0.1, -0.05) is 34.1 Å². The number of amides is 1. The van der Waals surface area contributed by atoms with Crippen molar-refractivity contribution < 1.29 is 19.4 Å². The highest BCUT2D eigenvalue weighted by Gasteiger charge is 2.47. The average molecular weight is 479 g/mol. The van der Waals surface area contributed by atoms with Crippen LogP contribution in [0.25, 0.3) is 5.76 Å². The van der Waals surface area contributed by atoms with Gasteiger partial charge in [0.25, 0.3) is 11.7 Å². The first kappa shape index (κ1) is 20.8. The van der Waals surface area contributed by atoms with E-state index < -0.39 is 17.7 Å². The number of aliphatic hydroxyl groups is 1. The summed E-state index contributed by atoms with van der Waals surface area (Å²) >= 11 is 3.44. The Hall–Kier alpha value is -3.45. The number of carbonyl (C=O) groups excluding carboxylic acids is 2. The fourth-order valence-electron chi connectivity index (χ4n) is 3.62. The topological polar surface area (TPSA) is 79.7 Å². The van der Waals surface area contributed by atoms with Crippen LogP contribution in [-0.4, -0.2) is 28.9 Å². The fourth-order valence-corrected chi connectivity index (χ4v) is 3.87. The van der Waals surface area contributed by atoms with Crippen LogP contribution < -0.4 is 9.64 Å². The first-order valence-electron chi connectivity index (χ1n) is 9.55. The van der Waals surface area contributed by atoms with Gasteiger partial charge in [0.05, 0.1) is 18.4 Å². The fraction of sp³-hybridized carbons (Fsp3) is 0.125. The lowest BCUT2D eigenvalue weighted by Crippen LogP contribution is -2.29. The van der Waals surface area contributed by atoms with E-state index in [9.17, 15) is 14.7 Å². The van der Waals surface area contributed by atoms with Gasteiger partial charge in [0.2, 0.25) is 0 Å². The van der Waals surface area contributed by atoms with Crippen LogP contribution in [0, 0.1) is 6.92 Å². The number of pyridine rings is 1. The zero-order valence-corrected chi connectivity index (χ0v) is 18.5. The number of carbonyl (C=O) groups is 2. The molecule has 6 nitrogen and oxygen atoms in total. The molecule has 4 rings (SSSR count). The monoisotopic (exact) mass is 478 g/mol. The molecule has 3 aromatic rings. The van der Waals surface area contributed by atoms with Crippen LogP contribution in [0.15, 0.2) is 76.9 Å². The number of ether oxygens (including phenoxy) is 1. The summed E-state index contributed by atoms with van der Waals surface area (Å²) < 4.78 is 6.16. The van der Waals surface area contributed by atoms with Crippen molar-refractivity contribution in [3.05, 3.63) is 93.7 Å². The summed E-state index contributed by atoms with van der Waals surface area (Å²) in [6, 6.07) is 16.5. The molecule has 2 aromatic carbocycles. The number of aliphatic hydroxyl groups excluding tert-OH is 1. The molecule has 1 unspecified atom stereocenters. The van der Waals surface area contributed by atoms with E-state index in [1.54, 1.807) is 66.9 Å². The van der Waals surface area contributed by atoms with Crippen LogP contribution in [0.1, 0.15) is 22.9 Å². The number of aryl methyl sites for hydroxylation is 1. The lowest BCUT2D eigenvalue weighted by atomic mass is 9.97. The largest absolute Gasteiger partial charge is 0.507 e. The Morgan fingerprint density at radius 3 is 2.58 bits per heavy atom. The summed E-state index contributed by atoms with van der Waals surface area (Å²) in [6.45, 7) is 1.88. The Morgan fingerprint density at radius 1 is 1.10 bits per heavy atom. The summed E-state index contributed by atoms with van der Waals surface area (Å²) in [7, 11) is 1.53. The summed E-state index contributed by atoms with van der Waals surface area (Å²) in [5, 5.41) is 11.1. The van der Waals surface area contributed by atoms with Gasteiger partial charge in [0.1, 0.15) is 17.6 Å². The molecule has 1 aliphatic rings. The van der Waals surface area contributed by atoms with Crippen molar-refractivity contribution in [1.82, 2.24) is 4.98 Å². The Kier molecular flexibility index (Phi) is 5.61. The number of nitrogens with zero attached hydrogens (tertiary/aromatic N) is 2. The molecule has 0 spiro atoms. The third-order valence-corrected chi connectivity index (χ3v) is 6.06. The minimum Gasteiger partial charge on any atom is -0.507 e. The number of benzene rings is 2. The van der Waals surface area contributed by atoms with E-state index >= 15 is 0 Å². The highest BCUT2D eigenvalue weighted by Crippen LogP contribution is 2.42. The van der Waals surface area contributed by atoms with Crippen molar-refractivity contribution in [2.24, 2.45) is 0 Å². The van der Waals surface area contributed by atoms with Crippen molar-refractivity contribution >= 4 is 39.1 Å². The minimum absolute atomic E-state index is 0.00626. The van der Waals surface area contributed by atoms with E-state index in [4.69, 9.17) is 4.74 Å². The molecule has 1 aliphatic heterocycles. The van der Waals surface area contributed by atoms with Crippen molar-refractivity contribution in [3.63, 3.8) is 0 Å². The number of hydrogen-bond donors (Lipinski definition) is 1.